The van der Waals surface area contributed by atoms with Gasteiger partial charge in [0.1, 0.15) is 5.75 Å². The van der Waals surface area contributed by atoms with Crippen LogP contribution in [0.3, 0.4) is 0 Å². The van der Waals surface area contributed by atoms with Gasteiger partial charge in [-0.15, -0.1) is 0 Å². The highest BCUT2D eigenvalue weighted by molar-refractivity contribution is 5.78. The first-order valence-corrected chi connectivity index (χ1v) is 6.54. The Balaban J connectivity index is 1.87. The second kappa shape index (κ2) is 6.54. The van der Waals surface area contributed by atoms with E-state index in [1.807, 2.05) is 24.3 Å². The molecule has 0 saturated carbocycles. The molecule has 0 bridgehead atoms. The number of rotatable bonds is 5. The van der Waals surface area contributed by atoms with Gasteiger partial charge >= 0.3 is 0 Å². The maximum atomic E-state index is 12.0. The Hall–Kier alpha value is -1.59. The normalized spacial score (nSPS) is 18.6. The Morgan fingerprint density at radius 1 is 1.47 bits per heavy atom. The summed E-state index contributed by atoms with van der Waals surface area (Å²) in [6.07, 6.45) is 0.863. The lowest BCUT2D eigenvalue weighted by Gasteiger charge is -2.17. The van der Waals surface area contributed by atoms with Crippen LogP contribution in [0.5, 0.6) is 5.75 Å². The third kappa shape index (κ3) is 3.45. The molecule has 0 aliphatic carbocycles. The monoisotopic (exact) mass is 264 g/mol. The van der Waals surface area contributed by atoms with E-state index in [4.69, 9.17) is 15.6 Å². The Morgan fingerprint density at radius 3 is 2.95 bits per heavy atom. The van der Waals surface area contributed by atoms with E-state index in [1.165, 1.54) is 0 Å². The van der Waals surface area contributed by atoms with E-state index in [2.05, 4.69) is 0 Å². The van der Waals surface area contributed by atoms with Gasteiger partial charge in [-0.2, -0.15) is 0 Å². The molecule has 1 unspecified atom stereocenters. The smallest absolute Gasteiger partial charge is 0.260 e. The topological polar surface area (TPSA) is 75.8 Å². The molecule has 0 radical (unpaired) electrons. The molecule has 1 fully saturated rings. The molecular formula is C14H20N2O3. The molecule has 5 heteroatoms. The zero-order valence-electron chi connectivity index (χ0n) is 10.9. The molecular weight excluding hydrogens is 244 g/mol. The van der Waals surface area contributed by atoms with Gasteiger partial charge in [-0.1, -0.05) is 18.2 Å². The van der Waals surface area contributed by atoms with Crippen LogP contribution in [0.2, 0.25) is 0 Å². The number of para-hydroxylation sites is 1. The van der Waals surface area contributed by atoms with Crippen molar-refractivity contribution in [3.05, 3.63) is 29.8 Å². The van der Waals surface area contributed by atoms with Crippen LogP contribution < -0.4 is 10.5 Å². The van der Waals surface area contributed by atoms with Crippen molar-refractivity contribution in [1.29, 1.82) is 0 Å². The van der Waals surface area contributed by atoms with Crippen molar-refractivity contribution in [1.82, 2.24) is 4.90 Å². The maximum Gasteiger partial charge on any atom is 0.260 e. The maximum absolute atomic E-state index is 12.0. The molecule has 104 valence electrons. The number of nitrogens with zero attached hydrogens (tertiary/aromatic N) is 1. The molecule has 1 amide bonds. The van der Waals surface area contributed by atoms with Gasteiger partial charge in [0.15, 0.2) is 6.61 Å². The van der Waals surface area contributed by atoms with Crippen LogP contribution in [0.25, 0.3) is 0 Å². The number of aliphatic hydroxyl groups excluding tert-OH is 1. The number of hydrogen-bond acceptors (Lipinski definition) is 4. The number of carbonyl (C=O) groups excluding carboxylic acids is 1. The largest absolute Gasteiger partial charge is 0.483 e. The van der Waals surface area contributed by atoms with E-state index >= 15 is 0 Å². The summed E-state index contributed by atoms with van der Waals surface area (Å²) in [5.41, 5.74) is 6.51. The van der Waals surface area contributed by atoms with Gasteiger partial charge in [-0.3, -0.25) is 4.79 Å². The summed E-state index contributed by atoms with van der Waals surface area (Å²) < 4.78 is 5.54. The Kier molecular flexibility index (Phi) is 4.76. The first-order chi connectivity index (χ1) is 9.24. The third-order valence-corrected chi connectivity index (χ3v) is 3.44. The number of likely N-dealkylation sites (tertiary alicyclic amines) is 1. The summed E-state index contributed by atoms with van der Waals surface area (Å²) in [6.45, 7) is 1.87. The van der Waals surface area contributed by atoms with Gasteiger partial charge in [-0.25, -0.2) is 0 Å². The molecule has 1 heterocycles. The van der Waals surface area contributed by atoms with Crippen LogP contribution in [-0.2, 0) is 11.3 Å². The van der Waals surface area contributed by atoms with Crippen molar-refractivity contribution in [2.75, 3.05) is 26.3 Å². The van der Waals surface area contributed by atoms with E-state index in [0.717, 1.165) is 12.0 Å². The lowest BCUT2D eigenvalue weighted by Crippen LogP contribution is -2.33. The van der Waals surface area contributed by atoms with Gasteiger partial charge in [0.05, 0.1) is 0 Å². The standard InChI is InChI=1S/C14H20N2O3/c15-7-12-3-1-2-4-13(12)19-10-14(18)16-6-5-11(8-16)9-17/h1-4,11,17H,5-10,15H2. The summed E-state index contributed by atoms with van der Waals surface area (Å²) in [7, 11) is 0. The highest BCUT2D eigenvalue weighted by atomic mass is 16.5. The first kappa shape index (κ1) is 13.8. The molecule has 5 nitrogen and oxygen atoms in total. The van der Waals surface area contributed by atoms with Crippen LogP contribution in [0, 0.1) is 5.92 Å². The average molecular weight is 264 g/mol. The van der Waals surface area contributed by atoms with Crippen molar-refractivity contribution in [3.8, 4) is 5.75 Å². The van der Waals surface area contributed by atoms with Gasteiger partial charge in [-0.05, 0) is 12.5 Å². The van der Waals surface area contributed by atoms with Gasteiger partial charge in [0, 0.05) is 37.7 Å². The highest BCUT2D eigenvalue weighted by Gasteiger charge is 2.25. The molecule has 2 rings (SSSR count). The molecule has 1 aromatic carbocycles. The SMILES string of the molecule is NCc1ccccc1OCC(=O)N1CCC(CO)C1. The van der Waals surface area contributed by atoms with Crippen molar-refractivity contribution >= 4 is 5.91 Å². The van der Waals surface area contributed by atoms with Gasteiger partial charge < -0.3 is 20.5 Å². The molecule has 0 spiro atoms. The number of hydrogen-bond donors (Lipinski definition) is 2. The minimum Gasteiger partial charge on any atom is -0.483 e. The third-order valence-electron chi connectivity index (χ3n) is 3.44. The lowest BCUT2D eigenvalue weighted by atomic mass is 10.1. The first-order valence-electron chi connectivity index (χ1n) is 6.54. The minimum atomic E-state index is -0.0391. The van der Waals surface area contributed by atoms with E-state index in [1.54, 1.807) is 4.90 Å². The Labute approximate surface area is 113 Å². The average Bonchev–Trinajstić information content (AvgIpc) is 2.94. The molecule has 0 aromatic heterocycles. The summed E-state index contributed by atoms with van der Waals surface area (Å²) >= 11 is 0. The summed E-state index contributed by atoms with van der Waals surface area (Å²) in [5.74, 6) is 0.833. The quantitative estimate of drug-likeness (QED) is 0.805. The zero-order valence-corrected chi connectivity index (χ0v) is 10.9. The number of benzene rings is 1. The van der Waals surface area contributed by atoms with Crippen molar-refractivity contribution in [2.45, 2.75) is 13.0 Å². The van der Waals surface area contributed by atoms with E-state index in [9.17, 15) is 4.79 Å². The predicted octanol–water partition coefficient (Wildman–Crippen LogP) is 0.365. The number of ether oxygens (including phenoxy) is 1. The summed E-state index contributed by atoms with van der Waals surface area (Å²) in [5, 5.41) is 9.06. The van der Waals surface area contributed by atoms with E-state index < -0.39 is 0 Å². The van der Waals surface area contributed by atoms with Crippen LogP contribution in [-0.4, -0.2) is 42.2 Å². The second-order valence-electron chi connectivity index (χ2n) is 4.78. The van der Waals surface area contributed by atoms with Gasteiger partial charge in [0.25, 0.3) is 5.91 Å². The Morgan fingerprint density at radius 2 is 2.26 bits per heavy atom. The fourth-order valence-electron chi connectivity index (χ4n) is 2.25. The van der Waals surface area contributed by atoms with Crippen LogP contribution in [0.1, 0.15) is 12.0 Å². The van der Waals surface area contributed by atoms with E-state index in [0.29, 0.717) is 25.4 Å². The highest BCUT2D eigenvalue weighted by Crippen LogP contribution is 2.18. The summed E-state index contributed by atoms with van der Waals surface area (Å²) in [4.78, 5) is 13.7. The molecule has 3 N–H and O–H groups in total. The zero-order chi connectivity index (χ0) is 13.7. The number of amides is 1. The fraction of sp³-hybridized carbons (Fsp3) is 0.500. The van der Waals surface area contributed by atoms with Crippen LogP contribution in [0.15, 0.2) is 24.3 Å². The molecule has 1 saturated heterocycles. The fourth-order valence-corrected chi connectivity index (χ4v) is 2.25. The Bertz CT molecular complexity index is 436. The second-order valence-corrected chi connectivity index (χ2v) is 4.78. The van der Waals surface area contributed by atoms with Crippen LogP contribution in [0.4, 0.5) is 0 Å². The van der Waals surface area contributed by atoms with Gasteiger partial charge in [0.2, 0.25) is 0 Å². The minimum absolute atomic E-state index is 0.0230. The molecule has 1 aliphatic heterocycles. The molecule has 1 atom stereocenters. The molecule has 1 aliphatic rings. The van der Waals surface area contributed by atoms with E-state index in [-0.39, 0.29) is 25.0 Å². The van der Waals surface area contributed by atoms with Crippen molar-refractivity contribution in [2.24, 2.45) is 11.7 Å². The predicted molar refractivity (Wildman–Crippen MR) is 71.6 cm³/mol. The van der Waals surface area contributed by atoms with Crippen molar-refractivity contribution in [3.63, 3.8) is 0 Å². The van der Waals surface area contributed by atoms with Crippen LogP contribution >= 0.6 is 0 Å². The molecule has 19 heavy (non-hydrogen) atoms. The summed E-state index contributed by atoms with van der Waals surface area (Å²) in [6, 6.07) is 7.45. The number of aliphatic hydroxyl groups is 1. The lowest BCUT2D eigenvalue weighted by molar-refractivity contribution is -0.132. The van der Waals surface area contributed by atoms with Crippen molar-refractivity contribution < 1.29 is 14.6 Å². The number of carbonyl (C=O) groups is 1. The molecule has 1 aromatic rings. The number of nitrogens with two attached hydrogens (primary N) is 1.